The lowest BCUT2D eigenvalue weighted by molar-refractivity contribution is 0.200. The quantitative estimate of drug-likeness (QED) is 0.892. The molecule has 1 N–H and O–H groups in total. The molecule has 0 amide bonds. The molecule has 0 spiro atoms. The first-order chi connectivity index (χ1) is 8.69. The van der Waals surface area contributed by atoms with Crippen molar-refractivity contribution in [2.45, 2.75) is 52.1 Å². The van der Waals surface area contributed by atoms with Gasteiger partial charge >= 0.3 is 0 Å². The standard InChI is InChI=1S/C14H24N4/c1-11-9-13(15-3)17-14(16-11)10-18-8-6-4-5-7-12(18)2/h9,12H,4-8,10H2,1-3H3,(H,15,16,17). The van der Waals surface area contributed by atoms with Crippen LogP contribution in [0, 0.1) is 6.92 Å². The summed E-state index contributed by atoms with van der Waals surface area (Å²) in [6.07, 6.45) is 5.31. The van der Waals surface area contributed by atoms with Crippen molar-refractivity contribution in [3.05, 3.63) is 17.6 Å². The van der Waals surface area contributed by atoms with Crippen LogP contribution in [0.3, 0.4) is 0 Å². The molecule has 4 nitrogen and oxygen atoms in total. The second kappa shape index (κ2) is 6.14. The molecule has 2 heterocycles. The van der Waals surface area contributed by atoms with E-state index in [1.54, 1.807) is 0 Å². The highest BCUT2D eigenvalue weighted by atomic mass is 15.2. The van der Waals surface area contributed by atoms with Crippen molar-refractivity contribution < 1.29 is 0 Å². The summed E-state index contributed by atoms with van der Waals surface area (Å²) in [6, 6.07) is 2.63. The Labute approximate surface area is 110 Å². The molecule has 1 saturated heterocycles. The molecular formula is C14H24N4. The molecule has 100 valence electrons. The van der Waals surface area contributed by atoms with Gasteiger partial charge in [0.25, 0.3) is 0 Å². The van der Waals surface area contributed by atoms with Crippen LogP contribution in [0.15, 0.2) is 6.07 Å². The number of nitrogens with zero attached hydrogens (tertiary/aromatic N) is 3. The lowest BCUT2D eigenvalue weighted by atomic mass is 10.1. The monoisotopic (exact) mass is 248 g/mol. The predicted molar refractivity (Wildman–Crippen MR) is 74.7 cm³/mol. The molecule has 18 heavy (non-hydrogen) atoms. The number of rotatable bonds is 3. The van der Waals surface area contributed by atoms with Crippen LogP contribution >= 0.6 is 0 Å². The number of hydrogen-bond acceptors (Lipinski definition) is 4. The van der Waals surface area contributed by atoms with E-state index in [0.717, 1.165) is 23.9 Å². The van der Waals surface area contributed by atoms with Crippen LogP contribution in [0.5, 0.6) is 0 Å². The number of nitrogens with one attached hydrogen (secondary N) is 1. The third-order valence-corrected chi connectivity index (χ3v) is 3.69. The minimum absolute atomic E-state index is 0.648. The first kappa shape index (κ1) is 13.3. The Morgan fingerprint density at radius 3 is 2.94 bits per heavy atom. The van der Waals surface area contributed by atoms with Crippen LogP contribution < -0.4 is 5.32 Å². The molecule has 0 saturated carbocycles. The number of anilines is 1. The number of likely N-dealkylation sites (tertiary alicyclic amines) is 1. The minimum atomic E-state index is 0.648. The van der Waals surface area contributed by atoms with Crippen molar-refractivity contribution in [3.63, 3.8) is 0 Å². The third kappa shape index (κ3) is 3.42. The average molecular weight is 248 g/mol. The van der Waals surface area contributed by atoms with Crippen molar-refractivity contribution in [1.29, 1.82) is 0 Å². The van der Waals surface area contributed by atoms with Gasteiger partial charge in [0.1, 0.15) is 11.6 Å². The van der Waals surface area contributed by atoms with Gasteiger partial charge in [-0.05, 0) is 33.2 Å². The molecule has 1 unspecified atom stereocenters. The molecule has 0 aromatic carbocycles. The molecule has 0 aliphatic carbocycles. The lowest BCUT2D eigenvalue weighted by Gasteiger charge is -2.26. The van der Waals surface area contributed by atoms with E-state index >= 15 is 0 Å². The van der Waals surface area contributed by atoms with Crippen LogP contribution in [-0.4, -0.2) is 34.5 Å². The second-order valence-electron chi connectivity index (χ2n) is 5.23. The molecule has 0 bridgehead atoms. The highest BCUT2D eigenvalue weighted by Crippen LogP contribution is 2.18. The summed E-state index contributed by atoms with van der Waals surface area (Å²) in [6.45, 7) is 6.39. The lowest BCUT2D eigenvalue weighted by Crippen LogP contribution is -2.32. The summed E-state index contributed by atoms with van der Waals surface area (Å²) >= 11 is 0. The summed E-state index contributed by atoms with van der Waals surface area (Å²) in [4.78, 5) is 11.6. The van der Waals surface area contributed by atoms with E-state index in [-0.39, 0.29) is 0 Å². The number of aromatic nitrogens is 2. The maximum atomic E-state index is 4.55. The molecule has 1 aromatic rings. The Kier molecular flexibility index (Phi) is 4.53. The fourth-order valence-electron chi connectivity index (χ4n) is 2.58. The fourth-order valence-corrected chi connectivity index (χ4v) is 2.58. The molecule has 1 aliphatic rings. The van der Waals surface area contributed by atoms with Gasteiger partial charge in [-0.1, -0.05) is 12.8 Å². The van der Waals surface area contributed by atoms with Crippen LogP contribution in [0.4, 0.5) is 5.82 Å². The average Bonchev–Trinajstić information content (AvgIpc) is 2.54. The van der Waals surface area contributed by atoms with Gasteiger partial charge in [-0.15, -0.1) is 0 Å². The predicted octanol–water partition coefficient (Wildman–Crippen LogP) is 2.59. The van der Waals surface area contributed by atoms with Crippen LogP contribution in [-0.2, 0) is 6.54 Å². The van der Waals surface area contributed by atoms with Crippen molar-refractivity contribution >= 4 is 5.82 Å². The molecule has 1 aromatic heterocycles. The molecule has 0 radical (unpaired) electrons. The first-order valence-electron chi connectivity index (χ1n) is 6.95. The van der Waals surface area contributed by atoms with Gasteiger partial charge in [0.15, 0.2) is 0 Å². The fraction of sp³-hybridized carbons (Fsp3) is 0.714. The van der Waals surface area contributed by atoms with Crippen LogP contribution in [0.25, 0.3) is 0 Å². The third-order valence-electron chi connectivity index (χ3n) is 3.69. The molecule has 4 heteroatoms. The van der Waals surface area contributed by atoms with Gasteiger partial charge < -0.3 is 5.32 Å². The van der Waals surface area contributed by atoms with Crippen LogP contribution in [0.1, 0.15) is 44.1 Å². The van der Waals surface area contributed by atoms with Gasteiger partial charge in [-0.2, -0.15) is 0 Å². The zero-order chi connectivity index (χ0) is 13.0. The normalized spacial score (nSPS) is 21.6. The van der Waals surface area contributed by atoms with E-state index in [2.05, 4.69) is 27.1 Å². The summed E-state index contributed by atoms with van der Waals surface area (Å²) in [5.41, 5.74) is 1.03. The van der Waals surface area contributed by atoms with Crippen LogP contribution in [0.2, 0.25) is 0 Å². The van der Waals surface area contributed by atoms with Gasteiger partial charge in [0.05, 0.1) is 6.54 Å². The summed E-state index contributed by atoms with van der Waals surface area (Å²) < 4.78 is 0. The Morgan fingerprint density at radius 2 is 2.17 bits per heavy atom. The van der Waals surface area contributed by atoms with E-state index in [1.807, 2.05) is 20.0 Å². The smallest absolute Gasteiger partial charge is 0.144 e. The Bertz CT molecular complexity index is 391. The Balaban J connectivity index is 2.09. The molecule has 1 aliphatic heterocycles. The maximum Gasteiger partial charge on any atom is 0.144 e. The minimum Gasteiger partial charge on any atom is -0.373 e. The van der Waals surface area contributed by atoms with Gasteiger partial charge in [-0.3, -0.25) is 4.90 Å². The molecule has 1 atom stereocenters. The van der Waals surface area contributed by atoms with E-state index < -0.39 is 0 Å². The van der Waals surface area contributed by atoms with Crippen molar-refractivity contribution in [3.8, 4) is 0 Å². The van der Waals surface area contributed by atoms with Gasteiger partial charge in [0, 0.05) is 24.8 Å². The zero-order valence-corrected chi connectivity index (χ0v) is 11.7. The Hall–Kier alpha value is -1.16. The summed E-state index contributed by atoms with van der Waals surface area (Å²) in [5.74, 6) is 1.85. The topological polar surface area (TPSA) is 41.1 Å². The van der Waals surface area contributed by atoms with Gasteiger partial charge in [0.2, 0.25) is 0 Å². The Morgan fingerprint density at radius 1 is 1.33 bits per heavy atom. The SMILES string of the molecule is CNc1cc(C)nc(CN2CCCCCC2C)n1. The van der Waals surface area contributed by atoms with Gasteiger partial charge in [-0.25, -0.2) is 9.97 Å². The molecule has 2 rings (SSSR count). The van der Waals surface area contributed by atoms with Crippen molar-refractivity contribution in [1.82, 2.24) is 14.9 Å². The van der Waals surface area contributed by atoms with E-state index in [0.29, 0.717) is 6.04 Å². The number of aryl methyl sites for hydroxylation is 1. The molecular weight excluding hydrogens is 224 g/mol. The van der Waals surface area contributed by atoms with Crippen molar-refractivity contribution in [2.24, 2.45) is 0 Å². The zero-order valence-electron chi connectivity index (χ0n) is 11.7. The van der Waals surface area contributed by atoms with E-state index in [1.165, 1.54) is 32.2 Å². The largest absolute Gasteiger partial charge is 0.373 e. The summed E-state index contributed by atoms with van der Waals surface area (Å²) in [7, 11) is 1.90. The summed E-state index contributed by atoms with van der Waals surface area (Å²) in [5, 5.41) is 3.10. The van der Waals surface area contributed by atoms with E-state index in [9.17, 15) is 0 Å². The highest BCUT2D eigenvalue weighted by Gasteiger charge is 2.18. The maximum absolute atomic E-state index is 4.55. The number of hydrogen-bond donors (Lipinski definition) is 1. The highest BCUT2D eigenvalue weighted by molar-refractivity contribution is 5.34. The van der Waals surface area contributed by atoms with Crippen molar-refractivity contribution in [2.75, 3.05) is 18.9 Å². The second-order valence-corrected chi connectivity index (χ2v) is 5.23. The first-order valence-corrected chi connectivity index (χ1v) is 6.95. The molecule has 1 fully saturated rings. The van der Waals surface area contributed by atoms with E-state index in [4.69, 9.17) is 0 Å².